The molecule has 0 spiro atoms. The van der Waals surface area contributed by atoms with Gasteiger partial charge in [-0.3, -0.25) is 0 Å². The monoisotopic (exact) mass is 414 g/mol. The van der Waals surface area contributed by atoms with Crippen LogP contribution in [0.2, 0.25) is 5.02 Å². The molecule has 1 heterocycles. The summed E-state index contributed by atoms with van der Waals surface area (Å²) < 4.78 is 28.3. The van der Waals surface area contributed by atoms with Crippen molar-refractivity contribution in [3.8, 4) is 0 Å². The Kier molecular flexibility index (Phi) is 5.08. The van der Waals surface area contributed by atoms with E-state index < -0.39 is 10.0 Å². The van der Waals surface area contributed by atoms with Gasteiger partial charge in [-0.05, 0) is 37.1 Å². The van der Waals surface area contributed by atoms with Crippen LogP contribution in [-0.4, -0.2) is 38.9 Å². The first-order valence-electron chi connectivity index (χ1n) is 9.38. The smallest absolute Gasteiger partial charge is 0.243 e. The topological polar surface area (TPSA) is 40.6 Å². The summed E-state index contributed by atoms with van der Waals surface area (Å²) in [5.74, 6) is 0. The van der Waals surface area contributed by atoms with Gasteiger partial charge < -0.3 is 4.90 Å². The van der Waals surface area contributed by atoms with Gasteiger partial charge in [-0.15, -0.1) is 0 Å². The summed E-state index contributed by atoms with van der Waals surface area (Å²) in [6.45, 7) is 6.49. The SMILES string of the molecule is Cc1cccc(C)c1N1CCN(S(=O)(=O)c2ccc(Cl)c3ccccc23)CC1. The lowest BCUT2D eigenvalue weighted by Crippen LogP contribution is -2.49. The number of aryl methyl sites for hydroxylation is 2. The van der Waals surface area contributed by atoms with E-state index in [1.807, 2.05) is 24.3 Å². The molecule has 146 valence electrons. The van der Waals surface area contributed by atoms with Crippen molar-refractivity contribution in [2.75, 3.05) is 31.1 Å². The van der Waals surface area contributed by atoms with E-state index in [9.17, 15) is 8.42 Å². The predicted molar refractivity (Wildman–Crippen MR) is 116 cm³/mol. The zero-order valence-corrected chi connectivity index (χ0v) is 17.6. The maximum absolute atomic E-state index is 13.4. The van der Waals surface area contributed by atoms with Gasteiger partial charge in [-0.1, -0.05) is 54.1 Å². The summed E-state index contributed by atoms with van der Waals surface area (Å²) in [6.07, 6.45) is 0. The first-order valence-corrected chi connectivity index (χ1v) is 11.2. The molecule has 1 saturated heterocycles. The van der Waals surface area contributed by atoms with Gasteiger partial charge in [0.1, 0.15) is 0 Å². The highest BCUT2D eigenvalue weighted by molar-refractivity contribution is 7.89. The van der Waals surface area contributed by atoms with E-state index in [1.165, 1.54) is 16.8 Å². The molecule has 0 unspecified atom stereocenters. The number of halogens is 1. The Morgan fingerprint density at radius 2 is 1.39 bits per heavy atom. The summed E-state index contributed by atoms with van der Waals surface area (Å²) in [5, 5.41) is 2.00. The van der Waals surface area contributed by atoms with Gasteiger partial charge in [0, 0.05) is 47.7 Å². The molecule has 0 aliphatic carbocycles. The average Bonchev–Trinajstić information content (AvgIpc) is 2.68. The van der Waals surface area contributed by atoms with Gasteiger partial charge in [0.05, 0.1) is 4.90 Å². The number of sulfonamides is 1. The summed E-state index contributed by atoms with van der Waals surface area (Å²) >= 11 is 6.27. The Bertz CT molecular complexity index is 1120. The van der Waals surface area contributed by atoms with Crippen LogP contribution in [0.5, 0.6) is 0 Å². The molecular formula is C22H23ClN2O2S. The van der Waals surface area contributed by atoms with Crippen LogP contribution in [0, 0.1) is 13.8 Å². The second-order valence-electron chi connectivity index (χ2n) is 7.22. The van der Waals surface area contributed by atoms with Crippen LogP contribution in [-0.2, 0) is 10.0 Å². The van der Waals surface area contributed by atoms with Gasteiger partial charge in [-0.2, -0.15) is 4.31 Å². The molecule has 1 aliphatic heterocycles. The second kappa shape index (κ2) is 7.39. The Morgan fingerprint density at radius 3 is 2.04 bits per heavy atom. The summed E-state index contributed by atoms with van der Waals surface area (Å²) in [4.78, 5) is 2.62. The Morgan fingerprint density at radius 1 is 0.786 bits per heavy atom. The number of rotatable bonds is 3. The van der Waals surface area contributed by atoms with Crippen molar-refractivity contribution in [2.24, 2.45) is 0 Å². The molecule has 0 radical (unpaired) electrons. The third-order valence-electron chi connectivity index (χ3n) is 5.44. The van der Waals surface area contributed by atoms with Crippen molar-refractivity contribution < 1.29 is 8.42 Å². The standard InChI is InChI=1S/C22H23ClN2O2S/c1-16-6-5-7-17(2)22(16)24-12-14-25(15-13-24)28(26,27)21-11-10-20(23)18-8-3-4-9-19(18)21/h3-11H,12-15H2,1-2H3. The number of nitrogens with zero attached hydrogens (tertiary/aromatic N) is 2. The Balaban J connectivity index is 1.62. The van der Waals surface area contributed by atoms with E-state index in [-0.39, 0.29) is 0 Å². The van der Waals surface area contributed by atoms with Crippen LogP contribution in [0.3, 0.4) is 0 Å². The molecule has 28 heavy (non-hydrogen) atoms. The fraction of sp³-hybridized carbons (Fsp3) is 0.273. The van der Waals surface area contributed by atoms with E-state index in [2.05, 4.69) is 36.9 Å². The summed E-state index contributed by atoms with van der Waals surface area (Å²) in [5.41, 5.74) is 3.66. The number of piperazine rings is 1. The molecule has 4 rings (SSSR count). The highest BCUT2D eigenvalue weighted by Crippen LogP contribution is 2.32. The molecule has 0 saturated carbocycles. The van der Waals surface area contributed by atoms with Crippen molar-refractivity contribution in [1.29, 1.82) is 0 Å². The zero-order valence-electron chi connectivity index (χ0n) is 16.0. The van der Waals surface area contributed by atoms with E-state index >= 15 is 0 Å². The lowest BCUT2D eigenvalue weighted by molar-refractivity contribution is 0.385. The normalized spacial score (nSPS) is 15.9. The van der Waals surface area contributed by atoms with Crippen LogP contribution in [0.25, 0.3) is 10.8 Å². The number of benzene rings is 3. The summed E-state index contributed by atoms with van der Waals surface area (Å²) in [7, 11) is -3.58. The van der Waals surface area contributed by atoms with Gasteiger partial charge in [0.25, 0.3) is 0 Å². The number of para-hydroxylation sites is 1. The highest BCUT2D eigenvalue weighted by Gasteiger charge is 2.30. The van der Waals surface area contributed by atoms with Crippen LogP contribution >= 0.6 is 11.6 Å². The molecule has 3 aromatic rings. The van der Waals surface area contributed by atoms with Crippen LogP contribution in [0.15, 0.2) is 59.5 Å². The van der Waals surface area contributed by atoms with Crippen molar-refractivity contribution >= 4 is 38.1 Å². The van der Waals surface area contributed by atoms with Crippen molar-refractivity contribution in [3.63, 3.8) is 0 Å². The quantitative estimate of drug-likeness (QED) is 0.627. The average molecular weight is 415 g/mol. The lowest BCUT2D eigenvalue weighted by atomic mass is 10.1. The van der Waals surface area contributed by atoms with Gasteiger partial charge in [0.15, 0.2) is 0 Å². The third kappa shape index (κ3) is 3.28. The fourth-order valence-electron chi connectivity index (χ4n) is 4.06. The van der Waals surface area contributed by atoms with Gasteiger partial charge >= 0.3 is 0 Å². The van der Waals surface area contributed by atoms with E-state index in [0.29, 0.717) is 41.5 Å². The van der Waals surface area contributed by atoms with Crippen molar-refractivity contribution in [2.45, 2.75) is 18.7 Å². The second-order valence-corrected chi connectivity index (χ2v) is 9.54. The van der Waals surface area contributed by atoms with E-state index in [4.69, 9.17) is 11.6 Å². The van der Waals surface area contributed by atoms with Crippen molar-refractivity contribution in [3.05, 3.63) is 70.7 Å². The fourth-order valence-corrected chi connectivity index (χ4v) is 5.90. The molecule has 6 heteroatoms. The first-order chi connectivity index (χ1) is 13.4. The Hall–Kier alpha value is -2.08. The maximum atomic E-state index is 13.4. The van der Waals surface area contributed by atoms with Crippen LogP contribution in [0.1, 0.15) is 11.1 Å². The van der Waals surface area contributed by atoms with Gasteiger partial charge in [0.2, 0.25) is 10.0 Å². The maximum Gasteiger partial charge on any atom is 0.243 e. The van der Waals surface area contributed by atoms with Crippen LogP contribution in [0.4, 0.5) is 5.69 Å². The largest absolute Gasteiger partial charge is 0.368 e. The number of hydrogen-bond acceptors (Lipinski definition) is 3. The molecule has 0 aromatic heterocycles. The van der Waals surface area contributed by atoms with E-state index in [0.717, 1.165) is 5.39 Å². The molecular weight excluding hydrogens is 392 g/mol. The van der Waals surface area contributed by atoms with Crippen molar-refractivity contribution in [1.82, 2.24) is 4.31 Å². The van der Waals surface area contributed by atoms with Crippen LogP contribution < -0.4 is 4.90 Å². The third-order valence-corrected chi connectivity index (χ3v) is 7.73. The first kappa shape index (κ1) is 19.2. The minimum absolute atomic E-state index is 0.327. The summed E-state index contributed by atoms with van der Waals surface area (Å²) in [6, 6.07) is 16.9. The minimum atomic E-state index is -3.58. The molecule has 0 amide bonds. The predicted octanol–water partition coefficient (Wildman–Crippen LogP) is 4.62. The molecule has 4 nitrogen and oxygen atoms in total. The molecule has 1 fully saturated rings. The number of fused-ring (bicyclic) bond motifs is 1. The molecule has 3 aromatic carbocycles. The molecule has 0 atom stereocenters. The van der Waals surface area contributed by atoms with Gasteiger partial charge in [-0.25, -0.2) is 8.42 Å². The van der Waals surface area contributed by atoms with E-state index in [1.54, 1.807) is 16.4 Å². The molecule has 0 N–H and O–H groups in total. The molecule has 0 bridgehead atoms. The number of anilines is 1. The Labute approximate surface area is 171 Å². The number of hydrogen-bond donors (Lipinski definition) is 0. The molecule has 1 aliphatic rings. The zero-order chi connectivity index (χ0) is 19.9. The minimum Gasteiger partial charge on any atom is -0.368 e. The highest BCUT2D eigenvalue weighted by atomic mass is 35.5. The lowest BCUT2D eigenvalue weighted by Gasteiger charge is -2.37.